The van der Waals surface area contributed by atoms with E-state index in [1.807, 2.05) is 52.4 Å². The number of hydrogen-bond acceptors (Lipinski definition) is 7. The van der Waals surface area contributed by atoms with Crippen molar-refractivity contribution in [3.63, 3.8) is 0 Å². The van der Waals surface area contributed by atoms with Crippen LogP contribution >= 0.6 is 34.9 Å². The van der Waals surface area contributed by atoms with Gasteiger partial charge in [-0.2, -0.15) is 0 Å². The van der Waals surface area contributed by atoms with Crippen LogP contribution < -0.4 is 4.90 Å². The van der Waals surface area contributed by atoms with Gasteiger partial charge in [-0.15, -0.1) is 33.3 Å². The van der Waals surface area contributed by atoms with Crippen molar-refractivity contribution in [2.45, 2.75) is 28.7 Å². The smallest absolute Gasteiger partial charge is 0.277 e. The van der Waals surface area contributed by atoms with Gasteiger partial charge >= 0.3 is 0 Å². The molecular formula is C18H17N3O2S3. The zero-order valence-electron chi connectivity index (χ0n) is 14.1. The molecule has 1 amide bonds. The fourth-order valence-corrected chi connectivity index (χ4v) is 5.11. The van der Waals surface area contributed by atoms with Gasteiger partial charge in [0.15, 0.2) is 0 Å². The van der Waals surface area contributed by atoms with Crippen LogP contribution in [0.1, 0.15) is 13.3 Å². The number of carbonyl (C=O) groups excluding carboxylic acids is 1. The van der Waals surface area contributed by atoms with Crippen molar-refractivity contribution in [3.05, 3.63) is 41.8 Å². The molecule has 0 spiro atoms. The number of rotatable bonds is 4. The predicted molar refractivity (Wildman–Crippen MR) is 107 cm³/mol. The number of hydrogen-bond donors (Lipinski definition) is 0. The van der Waals surface area contributed by atoms with Crippen molar-refractivity contribution < 1.29 is 9.21 Å². The van der Waals surface area contributed by atoms with E-state index in [2.05, 4.69) is 23.2 Å². The Morgan fingerprint density at radius 2 is 2.19 bits per heavy atom. The number of fused-ring (bicyclic) bond motifs is 1. The lowest BCUT2D eigenvalue weighted by Gasteiger charge is -2.22. The molecule has 0 radical (unpaired) electrons. The van der Waals surface area contributed by atoms with E-state index in [-0.39, 0.29) is 11.7 Å². The van der Waals surface area contributed by atoms with E-state index in [0.29, 0.717) is 16.4 Å². The maximum Gasteiger partial charge on any atom is 0.277 e. The minimum absolute atomic E-state index is 0.0630. The molecule has 8 heteroatoms. The highest BCUT2D eigenvalue weighted by Gasteiger charge is 2.24. The monoisotopic (exact) mass is 403 g/mol. The molecule has 0 unspecified atom stereocenters. The Balaban J connectivity index is 1.45. The van der Waals surface area contributed by atoms with Crippen LogP contribution in [0.15, 0.2) is 56.3 Å². The van der Waals surface area contributed by atoms with E-state index in [4.69, 9.17) is 4.42 Å². The summed E-state index contributed by atoms with van der Waals surface area (Å²) in [6.07, 6.45) is 0.971. The second-order valence-corrected chi connectivity index (χ2v) is 9.22. The van der Waals surface area contributed by atoms with Gasteiger partial charge in [0.25, 0.3) is 11.1 Å². The Morgan fingerprint density at radius 3 is 3.04 bits per heavy atom. The number of carbonyl (C=O) groups is 1. The van der Waals surface area contributed by atoms with Gasteiger partial charge in [-0.05, 0) is 30.0 Å². The molecule has 5 nitrogen and oxygen atoms in total. The maximum absolute atomic E-state index is 12.8. The molecule has 3 heterocycles. The Morgan fingerprint density at radius 1 is 1.31 bits per heavy atom. The first-order valence-electron chi connectivity index (χ1n) is 8.27. The van der Waals surface area contributed by atoms with Crippen LogP contribution in [0, 0.1) is 0 Å². The summed E-state index contributed by atoms with van der Waals surface area (Å²) < 4.78 is 5.65. The molecule has 0 N–H and O–H groups in total. The van der Waals surface area contributed by atoms with E-state index in [9.17, 15) is 4.79 Å². The molecule has 1 atom stereocenters. The third-order valence-corrected chi connectivity index (χ3v) is 6.90. The molecule has 0 bridgehead atoms. The Kier molecular flexibility index (Phi) is 5.33. The van der Waals surface area contributed by atoms with E-state index >= 15 is 0 Å². The first-order valence-corrected chi connectivity index (χ1v) is 11.0. The number of benzene rings is 1. The fourth-order valence-electron chi connectivity index (χ4n) is 2.72. The highest BCUT2D eigenvalue weighted by molar-refractivity contribution is 8.00. The fraction of sp³-hybridized carbons (Fsp3) is 0.278. The highest BCUT2D eigenvalue weighted by atomic mass is 32.2. The Labute approximate surface area is 164 Å². The summed E-state index contributed by atoms with van der Waals surface area (Å²) in [4.78, 5) is 16.8. The summed E-state index contributed by atoms with van der Waals surface area (Å²) in [5, 5.41) is 11.0. The lowest BCUT2D eigenvalue weighted by molar-refractivity contribution is -0.116. The SMILES string of the molecule is C[C@@H]1CCN(C(=O)CSc2nnc(-c3cccs3)o2)c2ccccc2S1. The molecule has 3 aromatic rings. The number of amides is 1. The summed E-state index contributed by atoms with van der Waals surface area (Å²) in [7, 11) is 0. The van der Waals surface area contributed by atoms with Gasteiger partial charge in [0, 0.05) is 16.7 Å². The molecule has 0 saturated carbocycles. The van der Waals surface area contributed by atoms with Crippen LogP contribution in [0.3, 0.4) is 0 Å². The Bertz CT molecular complexity index is 895. The minimum atomic E-state index is 0.0630. The molecular weight excluding hydrogens is 386 g/mol. The van der Waals surface area contributed by atoms with E-state index in [1.165, 1.54) is 11.8 Å². The topological polar surface area (TPSA) is 59.2 Å². The molecule has 0 aliphatic carbocycles. The molecule has 0 fully saturated rings. The first kappa shape index (κ1) is 17.6. The van der Waals surface area contributed by atoms with Crippen LogP contribution in [0.2, 0.25) is 0 Å². The first-order chi connectivity index (χ1) is 12.7. The van der Waals surface area contributed by atoms with E-state index in [0.717, 1.165) is 28.4 Å². The van der Waals surface area contributed by atoms with Crippen molar-refractivity contribution in [3.8, 4) is 10.8 Å². The third-order valence-electron chi connectivity index (χ3n) is 4.00. The summed E-state index contributed by atoms with van der Waals surface area (Å²) in [6, 6.07) is 12.0. The van der Waals surface area contributed by atoms with Crippen LogP contribution in [-0.4, -0.2) is 33.7 Å². The average molecular weight is 404 g/mol. The predicted octanol–water partition coefficient (Wildman–Crippen LogP) is 4.81. The molecule has 4 rings (SSSR count). The summed E-state index contributed by atoms with van der Waals surface area (Å²) in [5.74, 6) is 0.840. The zero-order chi connectivity index (χ0) is 17.9. The molecule has 134 valence electrons. The molecule has 1 aliphatic rings. The largest absolute Gasteiger partial charge is 0.410 e. The molecule has 1 aliphatic heterocycles. The van der Waals surface area contributed by atoms with E-state index in [1.54, 1.807) is 11.3 Å². The molecule has 0 saturated heterocycles. The summed E-state index contributed by atoms with van der Waals surface area (Å²) in [5.41, 5.74) is 0.997. The number of para-hydroxylation sites is 1. The van der Waals surface area contributed by atoms with Gasteiger partial charge in [0.1, 0.15) is 0 Å². The second-order valence-electron chi connectivity index (χ2n) is 5.87. The third kappa shape index (κ3) is 3.82. The average Bonchev–Trinajstić information content (AvgIpc) is 3.29. The number of nitrogens with zero attached hydrogens (tertiary/aromatic N) is 3. The number of anilines is 1. The summed E-state index contributed by atoms with van der Waals surface area (Å²) in [6.45, 7) is 2.93. The van der Waals surface area contributed by atoms with Crippen molar-refractivity contribution >= 4 is 46.5 Å². The molecule has 26 heavy (non-hydrogen) atoms. The lowest BCUT2D eigenvalue weighted by atomic mass is 10.2. The normalized spacial score (nSPS) is 17.0. The maximum atomic E-state index is 12.8. The quantitative estimate of drug-likeness (QED) is 0.583. The number of thioether (sulfide) groups is 2. The van der Waals surface area contributed by atoms with E-state index < -0.39 is 0 Å². The van der Waals surface area contributed by atoms with Crippen molar-refractivity contribution in [2.75, 3.05) is 17.2 Å². The number of aromatic nitrogens is 2. The van der Waals surface area contributed by atoms with Gasteiger partial charge in [-0.3, -0.25) is 4.79 Å². The summed E-state index contributed by atoms with van der Waals surface area (Å²) >= 11 is 4.67. The number of thiophene rings is 1. The van der Waals surface area contributed by atoms with Gasteiger partial charge in [-0.25, -0.2) is 0 Å². The lowest BCUT2D eigenvalue weighted by Crippen LogP contribution is -2.33. The van der Waals surface area contributed by atoms with Crippen molar-refractivity contribution in [1.29, 1.82) is 0 Å². The van der Waals surface area contributed by atoms with Crippen molar-refractivity contribution in [2.24, 2.45) is 0 Å². The van der Waals surface area contributed by atoms with Crippen LogP contribution in [0.4, 0.5) is 5.69 Å². The molecule has 1 aromatic carbocycles. The standard InChI is InChI=1S/C18H17N3O2S3/c1-12-8-9-21(13-5-2-3-6-14(13)26-12)16(22)11-25-18-20-19-17(23-18)15-7-4-10-24-15/h2-7,10,12H,8-9,11H2,1H3/t12-/m1/s1. The van der Waals surface area contributed by atoms with Gasteiger partial charge < -0.3 is 9.32 Å². The minimum Gasteiger partial charge on any atom is -0.410 e. The van der Waals surface area contributed by atoms with Crippen LogP contribution in [0.25, 0.3) is 10.8 Å². The van der Waals surface area contributed by atoms with Gasteiger partial charge in [0.2, 0.25) is 5.91 Å². The molecule has 2 aromatic heterocycles. The van der Waals surface area contributed by atoms with Crippen LogP contribution in [-0.2, 0) is 4.79 Å². The van der Waals surface area contributed by atoms with Crippen molar-refractivity contribution in [1.82, 2.24) is 10.2 Å². The van der Waals surface area contributed by atoms with Crippen LogP contribution in [0.5, 0.6) is 0 Å². The Hall–Kier alpha value is -1.77. The van der Waals surface area contributed by atoms with Gasteiger partial charge in [0.05, 0.1) is 16.3 Å². The second kappa shape index (κ2) is 7.85. The zero-order valence-corrected chi connectivity index (χ0v) is 16.6. The van der Waals surface area contributed by atoms with Gasteiger partial charge in [-0.1, -0.05) is 36.9 Å². The highest BCUT2D eigenvalue weighted by Crippen LogP contribution is 2.37.